The van der Waals surface area contributed by atoms with Gasteiger partial charge < -0.3 is 0 Å². The van der Waals surface area contributed by atoms with Gasteiger partial charge in [-0.25, -0.2) is 18.6 Å². The van der Waals surface area contributed by atoms with Gasteiger partial charge in [-0.3, -0.25) is 9.97 Å². The zero-order chi connectivity index (χ0) is 18.2. The van der Waals surface area contributed by atoms with Crippen molar-refractivity contribution >= 4 is 5.65 Å². The lowest BCUT2D eigenvalue weighted by Gasteiger charge is -2.01. The van der Waals surface area contributed by atoms with Crippen LogP contribution >= 0.6 is 0 Å². The second-order valence-electron chi connectivity index (χ2n) is 5.89. The topological polar surface area (TPSA) is 73.8 Å². The molecule has 0 aromatic carbocycles. The molecule has 0 aliphatic carbocycles. The van der Waals surface area contributed by atoms with Gasteiger partial charge in [0.1, 0.15) is 5.82 Å². The summed E-state index contributed by atoms with van der Waals surface area (Å²) in [5.41, 5.74) is 3.71. The van der Waals surface area contributed by atoms with Crippen LogP contribution in [0.4, 0.5) is 4.39 Å². The third kappa shape index (κ3) is 2.82. The van der Waals surface area contributed by atoms with Gasteiger partial charge in [0.25, 0.3) is 0 Å². The lowest BCUT2D eigenvalue weighted by atomic mass is 10.2. The summed E-state index contributed by atoms with van der Waals surface area (Å²) in [4.78, 5) is 12.5. The van der Waals surface area contributed by atoms with E-state index < -0.39 is 5.82 Å². The van der Waals surface area contributed by atoms with Crippen LogP contribution in [-0.4, -0.2) is 34.3 Å². The molecule has 0 fully saturated rings. The highest BCUT2D eigenvalue weighted by molar-refractivity contribution is 5.64. The number of nitrogens with zero attached hydrogens (tertiary/aromatic N) is 7. The van der Waals surface area contributed by atoms with E-state index in [4.69, 9.17) is 0 Å². The molecule has 0 spiro atoms. The molecule has 0 aliphatic heterocycles. The van der Waals surface area contributed by atoms with Gasteiger partial charge in [-0.05, 0) is 24.3 Å². The van der Waals surface area contributed by atoms with E-state index >= 15 is 0 Å². The quantitative estimate of drug-likeness (QED) is 0.496. The molecule has 5 aromatic rings. The van der Waals surface area contributed by atoms with Crippen molar-refractivity contribution < 1.29 is 4.39 Å². The molecular formula is C19H12FN7. The summed E-state index contributed by atoms with van der Waals surface area (Å²) in [6, 6.07) is 10.7. The average molecular weight is 357 g/mol. The molecule has 5 heterocycles. The molecule has 130 valence electrons. The normalized spacial score (nSPS) is 11.1. The maximum absolute atomic E-state index is 13.4. The minimum absolute atomic E-state index is 0.399. The molecule has 0 radical (unpaired) electrons. The molecule has 0 saturated heterocycles. The first-order chi connectivity index (χ1) is 13.3. The predicted molar refractivity (Wildman–Crippen MR) is 96.5 cm³/mol. The van der Waals surface area contributed by atoms with Gasteiger partial charge in [0.05, 0.1) is 17.6 Å². The van der Waals surface area contributed by atoms with Crippen LogP contribution in [0.3, 0.4) is 0 Å². The van der Waals surface area contributed by atoms with Crippen LogP contribution in [0.2, 0.25) is 0 Å². The molecule has 0 aliphatic rings. The molecule has 5 aromatic heterocycles. The fraction of sp³-hybridized carbons (Fsp3) is 0. The van der Waals surface area contributed by atoms with Crippen molar-refractivity contribution in [3.63, 3.8) is 0 Å². The minimum atomic E-state index is -0.399. The fourth-order valence-corrected chi connectivity index (χ4v) is 2.82. The standard InChI is InChI=1S/C19H12FN7/c20-15-9-14(11-22-12-15)16-3-7-26(24-16)18-4-8-27-19(23-18)10-17(25-27)13-1-5-21-6-2-13/h1-12H. The van der Waals surface area contributed by atoms with Crippen LogP contribution in [-0.2, 0) is 0 Å². The summed E-state index contributed by atoms with van der Waals surface area (Å²) < 4.78 is 16.7. The molecule has 27 heavy (non-hydrogen) atoms. The number of fused-ring (bicyclic) bond motifs is 1. The van der Waals surface area contributed by atoms with Crippen LogP contribution < -0.4 is 0 Å². The third-order valence-corrected chi connectivity index (χ3v) is 4.11. The summed E-state index contributed by atoms with van der Waals surface area (Å²) in [6.07, 6.45) is 9.79. The molecule has 8 heteroatoms. The van der Waals surface area contributed by atoms with Crippen molar-refractivity contribution in [1.82, 2.24) is 34.3 Å². The molecule has 0 unspecified atom stereocenters. The Hall–Kier alpha value is -3.94. The summed E-state index contributed by atoms with van der Waals surface area (Å²) in [5.74, 6) is 0.240. The number of rotatable bonds is 3. The van der Waals surface area contributed by atoms with Crippen LogP contribution in [0.15, 0.2) is 73.6 Å². The Kier molecular flexibility index (Phi) is 3.46. The molecule has 5 rings (SSSR count). The second-order valence-corrected chi connectivity index (χ2v) is 5.89. The summed E-state index contributed by atoms with van der Waals surface area (Å²) in [6.45, 7) is 0. The van der Waals surface area contributed by atoms with Crippen LogP contribution in [0.5, 0.6) is 0 Å². The SMILES string of the molecule is Fc1cncc(-c2ccn(-c3ccn4nc(-c5ccncc5)cc4n3)n2)c1. The Balaban J connectivity index is 1.52. The zero-order valence-electron chi connectivity index (χ0n) is 13.9. The van der Waals surface area contributed by atoms with Crippen LogP contribution in [0.25, 0.3) is 34.0 Å². The molecule has 0 amide bonds. The molecule has 7 nitrogen and oxygen atoms in total. The van der Waals surface area contributed by atoms with Crippen molar-refractivity contribution in [2.75, 3.05) is 0 Å². The summed E-state index contributed by atoms with van der Waals surface area (Å²) >= 11 is 0. The number of aromatic nitrogens is 7. The van der Waals surface area contributed by atoms with Crippen molar-refractivity contribution in [2.24, 2.45) is 0 Å². The molecular weight excluding hydrogens is 345 g/mol. The van der Waals surface area contributed by atoms with Crippen molar-refractivity contribution in [3.05, 3.63) is 79.4 Å². The second kappa shape index (κ2) is 6.10. The highest BCUT2D eigenvalue weighted by Gasteiger charge is 2.09. The van der Waals surface area contributed by atoms with E-state index in [-0.39, 0.29) is 0 Å². The predicted octanol–water partition coefficient (Wildman–Crippen LogP) is 3.18. The van der Waals surface area contributed by atoms with E-state index in [9.17, 15) is 4.39 Å². The Morgan fingerprint density at radius 3 is 2.52 bits per heavy atom. The number of hydrogen-bond donors (Lipinski definition) is 0. The number of pyridine rings is 2. The van der Waals surface area contributed by atoms with Gasteiger partial charge in [-0.15, -0.1) is 0 Å². The van der Waals surface area contributed by atoms with Gasteiger partial charge in [-0.1, -0.05) is 0 Å². The minimum Gasteiger partial charge on any atom is -0.265 e. The van der Waals surface area contributed by atoms with Gasteiger partial charge >= 0.3 is 0 Å². The lowest BCUT2D eigenvalue weighted by Crippen LogP contribution is -2.00. The Morgan fingerprint density at radius 2 is 1.67 bits per heavy atom. The number of halogens is 1. The van der Waals surface area contributed by atoms with E-state index in [2.05, 4.69) is 25.1 Å². The summed E-state index contributed by atoms with van der Waals surface area (Å²) in [7, 11) is 0. The van der Waals surface area contributed by atoms with E-state index in [1.54, 1.807) is 40.1 Å². The van der Waals surface area contributed by atoms with Crippen molar-refractivity contribution in [2.45, 2.75) is 0 Å². The average Bonchev–Trinajstić information content (AvgIpc) is 3.35. The monoisotopic (exact) mass is 357 g/mol. The fourth-order valence-electron chi connectivity index (χ4n) is 2.82. The van der Waals surface area contributed by atoms with Crippen molar-refractivity contribution in [3.8, 4) is 28.3 Å². The first-order valence-corrected chi connectivity index (χ1v) is 8.20. The van der Waals surface area contributed by atoms with E-state index in [1.165, 1.54) is 6.07 Å². The molecule has 0 saturated carbocycles. The molecule has 0 atom stereocenters. The Labute approximate surface area is 152 Å². The largest absolute Gasteiger partial charge is 0.265 e. The van der Waals surface area contributed by atoms with Gasteiger partial charge in [0.2, 0.25) is 0 Å². The third-order valence-electron chi connectivity index (χ3n) is 4.11. The Bertz CT molecular complexity index is 1240. The maximum Gasteiger partial charge on any atom is 0.158 e. The molecule has 0 bridgehead atoms. The lowest BCUT2D eigenvalue weighted by molar-refractivity contribution is 0.622. The van der Waals surface area contributed by atoms with Gasteiger partial charge in [-0.2, -0.15) is 10.2 Å². The number of hydrogen-bond acceptors (Lipinski definition) is 5. The highest BCUT2D eigenvalue weighted by atomic mass is 19.1. The first kappa shape index (κ1) is 15.3. The zero-order valence-corrected chi connectivity index (χ0v) is 13.9. The highest BCUT2D eigenvalue weighted by Crippen LogP contribution is 2.20. The Morgan fingerprint density at radius 1 is 0.778 bits per heavy atom. The molecule has 0 N–H and O–H groups in total. The van der Waals surface area contributed by atoms with E-state index in [0.717, 1.165) is 17.5 Å². The maximum atomic E-state index is 13.4. The van der Waals surface area contributed by atoms with Gasteiger partial charge in [0, 0.05) is 54.2 Å². The summed E-state index contributed by atoms with van der Waals surface area (Å²) in [5, 5.41) is 9.00. The van der Waals surface area contributed by atoms with E-state index in [0.29, 0.717) is 22.7 Å². The van der Waals surface area contributed by atoms with E-state index in [1.807, 2.05) is 30.5 Å². The smallest absolute Gasteiger partial charge is 0.158 e. The van der Waals surface area contributed by atoms with Crippen molar-refractivity contribution in [1.29, 1.82) is 0 Å². The first-order valence-electron chi connectivity index (χ1n) is 8.20. The van der Waals surface area contributed by atoms with Gasteiger partial charge in [0.15, 0.2) is 11.5 Å². The van der Waals surface area contributed by atoms with Crippen LogP contribution in [0, 0.1) is 5.82 Å². The van der Waals surface area contributed by atoms with Crippen LogP contribution in [0.1, 0.15) is 0 Å².